The molecule has 1 unspecified atom stereocenters. The highest BCUT2D eigenvalue weighted by Crippen LogP contribution is 2.22. The molecular formula is C14H23FN2O2S. The Balaban J connectivity index is 2.83. The first-order valence-corrected chi connectivity index (χ1v) is 8.78. The molecule has 0 spiro atoms. The van der Waals surface area contributed by atoms with Gasteiger partial charge in [0.1, 0.15) is 5.82 Å². The van der Waals surface area contributed by atoms with Gasteiger partial charge in [0.2, 0.25) is 10.0 Å². The van der Waals surface area contributed by atoms with Crippen LogP contribution in [-0.2, 0) is 10.0 Å². The van der Waals surface area contributed by atoms with Crippen LogP contribution in [0, 0.1) is 5.82 Å². The zero-order valence-electron chi connectivity index (χ0n) is 12.2. The van der Waals surface area contributed by atoms with Crippen LogP contribution >= 0.6 is 0 Å². The average molecular weight is 302 g/mol. The first-order valence-electron chi connectivity index (χ1n) is 6.89. The van der Waals surface area contributed by atoms with Crippen LogP contribution in [0.4, 0.5) is 15.8 Å². The van der Waals surface area contributed by atoms with Crippen LogP contribution in [0.5, 0.6) is 0 Å². The second-order valence-electron chi connectivity index (χ2n) is 4.96. The molecule has 0 aliphatic heterocycles. The van der Waals surface area contributed by atoms with Gasteiger partial charge < -0.3 is 5.32 Å². The lowest BCUT2D eigenvalue weighted by molar-refractivity contribution is 0.592. The molecule has 1 aromatic carbocycles. The van der Waals surface area contributed by atoms with Crippen LogP contribution in [-0.4, -0.2) is 20.7 Å². The molecule has 6 heteroatoms. The van der Waals surface area contributed by atoms with Gasteiger partial charge in [0, 0.05) is 11.7 Å². The summed E-state index contributed by atoms with van der Waals surface area (Å²) in [4.78, 5) is 0. The minimum absolute atomic E-state index is 0.0251. The summed E-state index contributed by atoms with van der Waals surface area (Å²) < 4.78 is 38.1. The molecule has 0 aliphatic carbocycles. The minimum Gasteiger partial charge on any atom is -0.382 e. The minimum atomic E-state index is -3.48. The third-order valence-corrected chi connectivity index (χ3v) is 3.62. The van der Waals surface area contributed by atoms with Gasteiger partial charge in [0.05, 0.1) is 11.9 Å². The van der Waals surface area contributed by atoms with Crippen molar-refractivity contribution in [2.45, 2.75) is 45.6 Å². The Morgan fingerprint density at radius 3 is 2.55 bits per heavy atom. The second-order valence-corrected chi connectivity index (χ2v) is 6.71. The summed E-state index contributed by atoms with van der Waals surface area (Å²) >= 11 is 0. The zero-order chi connectivity index (χ0) is 15.2. The Bertz CT molecular complexity index is 532. The quantitative estimate of drug-likeness (QED) is 0.771. The number of halogens is 1. The molecule has 1 atom stereocenters. The molecule has 4 nitrogen and oxygen atoms in total. The molecule has 0 amide bonds. The third kappa shape index (κ3) is 5.77. The second kappa shape index (κ2) is 7.47. The van der Waals surface area contributed by atoms with Gasteiger partial charge in [-0.25, -0.2) is 12.8 Å². The summed E-state index contributed by atoms with van der Waals surface area (Å²) in [5, 5.41) is 3.32. The van der Waals surface area contributed by atoms with Crippen LogP contribution in [0.1, 0.15) is 39.5 Å². The van der Waals surface area contributed by atoms with Gasteiger partial charge in [-0.15, -0.1) is 0 Å². The molecule has 114 valence electrons. The number of hydrogen-bond acceptors (Lipinski definition) is 3. The van der Waals surface area contributed by atoms with Crippen LogP contribution in [0.25, 0.3) is 0 Å². The van der Waals surface area contributed by atoms with E-state index in [1.54, 1.807) is 6.07 Å². The Hall–Kier alpha value is -1.30. The van der Waals surface area contributed by atoms with Crippen LogP contribution < -0.4 is 10.0 Å². The highest BCUT2D eigenvalue weighted by molar-refractivity contribution is 7.92. The van der Waals surface area contributed by atoms with E-state index in [9.17, 15) is 12.8 Å². The van der Waals surface area contributed by atoms with E-state index in [0.29, 0.717) is 6.04 Å². The van der Waals surface area contributed by atoms with E-state index >= 15 is 0 Å². The molecular weight excluding hydrogens is 279 g/mol. The van der Waals surface area contributed by atoms with Crippen molar-refractivity contribution in [1.82, 2.24) is 0 Å². The van der Waals surface area contributed by atoms with E-state index in [0.717, 1.165) is 37.6 Å². The maximum absolute atomic E-state index is 13.6. The number of nitrogens with one attached hydrogen (secondary N) is 2. The number of hydrogen-bond donors (Lipinski definition) is 2. The van der Waals surface area contributed by atoms with E-state index in [1.165, 1.54) is 12.1 Å². The Morgan fingerprint density at radius 1 is 1.30 bits per heavy atom. The predicted octanol–water partition coefficient (Wildman–Crippen LogP) is 3.58. The van der Waals surface area contributed by atoms with E-state index in [1.807, 2.05) is 0 Å². The summed E-state index contributed by atoms with van der Waals surface area (Å²) in [7, 11) is -3.48. The van der Waals surface area contributed by atoms with Crippen molar-refractivity contribution >= 4 is 21.4 Å². The van der Waals surface area contributed by atoms with Gasteiger partial charge >= 0.3 is 0 Å². The summed E-state index contributed by atoms with van der Waals surface area (Å²) in [5.74, 6) is -0.581. The SMILES string of the molecule is CCCCC(CC)Nc1ccc(F)c(NS(C)(=O)=O)c1. The first kappa shape index (κ1) is 16.8. The molecule has 2 N–H and O–H groups in total. The molecule has 0 fully saturated rings. The zero-order valence-corrected chi connectivity index (χ0v) is 13.1. The summed E-state index contributed by atoms with van der Waals surface area (Å²) in [6.07, 6.45) is 5.26. The number of benzene rings is 1. The van der Waals surface area contributed by atoms with Gasteiger partial charge in [-0.1, -0.05) is 26.7 Å². The van der Waals surface area contributed by atoms with Crippen molar-refractivity contribution in [1.29, 1.82) is 0 Å². The van der Waals surface area contributed by atoms with Crippen LogP contribution in [0.3, 0.4) is 0 Å². The van der Waals surface area contributed by atoms with Gasteiger partial charge in [-0.05, 0) is 31.0 Å². The van der Waals surface area contributed by atoms with Crippen molar-refractivity contribution in [2.75, 3.05) is 16.3 Å². The van der Waals surface area contributed by atoms with E-state index in [4.69, 9.17) is 0 Å². The smallest absolute Gasteiger partial charge is 0.229 e. The monoisotopic (exact) mass is 302 g/mol. The lowest BCUT2D eigenvalue weighted by Crippen LogP contribution is -2.18. The van der Waals surface area contributed by atoms with Crippen LogP contribution in [0.2, 0.25) is 0 Å². The lowest BCUT2D eigenvalue weighted by atomic mass is 10.1. The molecule has 20 heavy (non-hydrogen) atoms. The van der Waals surface area contributed by atoms with E-state index in [-0.39, 0.29) is 5.69 Å². The predicted molar refractivity (Wildman–Crippen MR) is 82.1 cm³/mol. The van der Waals surface area contributed by atoms with Gasteiger partial charge in [0.25, 0.3) is 0 Å². The summed E-state index contributed by atoms with van der Waals surface area (Å²) in [6.45, 7) is 4.23. The Morgan fingerprint density at radius 2 is 2.00 bits per heavy atom. The van der Waals surface area contributed by atoms with Gasteiger partial charge in [0.15, 0.2) is 0 Å². The highest BCUT2D eigenvalue weighted by atomic mass is 32.2. The topological polar surface area (TPSA) is 58.2 Å². The third-order valence-electron chi connectivity index (χ3n) is 3.03. The number of unbranched alkanes of at least 4 members (excludes halogenated alkanes) is 1. The van der Waals surface area contributed by atoms with E-state index in [2.05, 4.69) is 23.9 Å². The number of rotatable bonds is 8. The highest BCUT2D eigenvalue weighted by Gasteiger charge is 2.10. The summed E-state index contributed by atoms with van der Waals surface area (Å²) in [6, 6.07) is 4.69. The Kier molecular flexibility index (Phi) is 6.26. The van der Waals surface area contributed by atoms with E-state index < -0.39 is 15.8 Å². The fraction of sp³-hybridized carbons (Fsp3) is 0.571. The van der Waals surface area contributed by atoms with Gasteiger partial charge in [-0.3, -0.25) is 4.72 Å². The maximum Gasteiger partial charge on any atom is 0.229 e. The van der Waals surface area contributed by atoms with Crippen molar-refractivity contribution < 1.29 is 12.8 Å². The first-order chi connectivity index (χ1) is 9.35. The lowest BCUT2D eigenvalue weighted by Gasteiger charge is -2.18. The van der Waals surface area contributed by atoms with Crippen molar-refractivity contribution in [3.8, 4) is 0 Å². The molecule has 0 aromatic heterocycles. The molecule has 0 saturated carbocycles. The molecule has 0 aliphatic rings. The number of anilines is 2. The van der Waals surface area contributed by atoms with Crippen molar-refractivity contribution in [3.05, 3.63) is 24.0 Å². The maximum atomic E-state index is 13.6. The Labute approximate surface area is 120 Å². The summed E-state index contributed by atoms with van der Waals surface area (Å²) in [5.41, 5.74) is 0.698. The largest absolute Gasteiger partial charge is 0.382 e. The average Bonchev–Trinajstić information content (AvgIpc) is 2.36. The molecule has 0 saturated heterocycles. The van der Waals surface area contributed by atoms with Crippen molar-refractivity contribution in [2.24, 2.45) is 0 Å². The van der Waals surface area contributed by atoms with Crippen molar-refractivity contribution in [3.63, 3.8) is 0 Å². The molecule has 0 radical (unpaired) electrons. The molecule has 1 aromatic rings. The van der Waals surface area contributed by atoms with Crippen LogP contribution in [0.15, 0.2) is 18.2 Å². The number of sulfonamides is 1. The molecule has 1 rings (SSSR count). The fourth-order valence-electron chi connectivity index (χ4n) is 1.96. The normalized spacial score (nSPS) is 13.0. The molecule has 0 bridgehead atoms. The molecule has 0 heterocycles. The fourth-order valence-corrected chi connectivity index (χ4v) is 2.51. The standard InChI is InChI=1S/C14H23FN2O2S/c1-4-6-7-11(5-2)16-12-8-9-13(15)14(10-12)17-20(3,18)19/h8-11,16-17H,4-7H2,1-3H3. The van der Waals surface area contributed by atoms with Gasteiger partial charge in [-0.2, -0.15) is 0 Å².